The van der Waals surface area contributed by atoms with Crippen molar-refractivity contribution >= 4 is 22.3 Å². The maximum Gasteiger partial charge on any atom is 0.203 e. The van der Waals surface area contributed by atoms with Crippen LogP contribution in [-0.4, -0.2) is 41.3 Å². The molecule has 2 aromatic rings. The number of nitrogens with one attached hydrogen (secondary N) is 1. The molecule has 1 fully saturated rings. The van der Waals surface area contributed by atoms with E-state index >= 15 is 0 Å². The van der Waals surface area contributed by atoms with E-state index in [1.165, 1.54) is 0 Å². The van der Waals surface area contributed by atoms with Crippen LogP contribution < -0.4 is 5.32 Å². The topological polar surface area (TPSA) is 72.2 Å². The van der Waals surface area contributed by atoms with Crippen molar-refractivity contribution in [2.75, 3.05) is 16.8 Å². The highest BCUT2D eigenvalue weighted by molar-refractivity contribution is 7.85. The van der Waals surface area contributed by atoms with E-state index in [9.17, 15) is 4.21 Å². The Bertz CT molecular complexity index is 544. The summed E-state index contributed by atoms with van der Waals surface area (Å²) < 4.78 is 13.1. The van der Waals surface area contributed by atoms with Gasteiger partial charge in [0.05, 0.1) is 0 Å². The van der Waals surface area contributed by atoms with Gasteiger partial charge >= 0.3 is 0 Å². The number of anilines is 1. The Morgan fingerprint density at radius 2 is 2.24 bits per heavy atom. The average Bonchev–Trinajstić information content (AvgIpc) is 2.81. The molecule has 0 saturated carbocycles. The van der Waals surface area contributed by atoms with Crippen molar-refractivity contribution in [1.82, 2.24) is 19.6 Å². The van der Waals surface area contributed by atoms with Gasteiger partial charge in [-0.1, -0.05) is 0 Å². The molecule has 6 nitrogen and oxygen atoms in total. The molecule has 0 unspecified atom stereocenters. The lowest BCUT2D eigenvalue weighted by Gasteiger charge is -2.22. The van der Waals surface area contributed by atoms with Crippen molar-refractivity contribution in [2.45, 2.75) is 18.9 Å². The molecule has 0 aliphatic carbocycles. The summed E-state index contributed by atoms with van der Waals surface area (Å²) in [5.41, 5.74) is 0.735. The molecule has 0 radical (unpaired) electrons. The van der Waals surface area contributed by atoms with E-state index in [1.54, 1.807) is 12.5 Å². The zero-order valence-electron chi connectivity index (χ0n) is 9.24. The molecular weight excluding hydrogens is 238 g/mol. The summed E-state index contributed by atoms with van der Waals surface area (Å²) in [6.45, 7) is 0. The number of aromatic nitrogens is 4. The molecular formula is C10H13N5OS. The van der Waals surface area contributed by atoms with Crippen LogP contribution in [0.2, 0.25) is 0 Å². The Hall–Kier alpha value is -1.50. The minimum absolute atomic E-state index is 0.336. The molecule has 0 bridgehead atoms. The molecule has 3 rings (SSSR count). The maximum atomic E-state index is 11.3. The third kappa shape index (κ3) is 2.14. The second-order valence-corrected chi connectivity index (χ2v) is 5.80. The van der Waals surface area contributed by atoms with E-state index < -0.39 is 10.8 Å². The average molecular weight is 251 g/mol. The standard InChI is InChI=1S/C10H13N5OS/c16-17-5-1-8(2-6-17)13-9-10-14-12-7-15(10)4-3-11-9/h3-4,7-8H,1-2,5-6H2,(H,11,13). The molecule has 1 aliphatic rings. The Morgan fingerprint density at radius 3 is 3.06 bits per heavy atom. The van der Waals surface area contributed by atoms with E-state index in [1.807, 2.05) is 10.6 Å². The van der Waals surface area contributed by atoms with E-state index in [2.05, 4.69) is 20.5 Å². The molecule has 0 atom stereocenters. The molecule has 90 valence electrons. The van der Waals surface area contributed by atoms with Gasteiger partial charge in [-0.25, -0.2) is 4.98 Å². The predicted octanol–water partition coefficient (Wildman–Crippen LogP) is 0.447. The number of fused-ring (bicyclic) bond motifs is 1. The van der Waals surface area contributed by atoms with Crippen molar-refractivity contribution in [3.8, 4) is 0 Å². The van der Waals surface area contributed by atoms with Crippen molar-refractivity contribution in [2.24, 2.45) is 0 Å². The lowest BCUT2D eigenvalue weighted by Crippen LogP contribution is -2.29. The first-order valence-electron chi connectivity index (χ1n) is 5.59. The van der Waals surface area contributed by atoms with Crippen molar-refractivity contribution in [3.05, 3.63) is 18.7 Å². The number of nitrogens with zero attached hydrogens (tertiary/aromatic N) is 4. The Labute approximate surface area is 101 Å². The smallest absolute Gasteiger partial charge is 0.203 e. The maximum absolute atomic E-state index is 11.3. The van der Waals surface area contributed by atoms with Gasteiger partial charge in [0, 0.05) is 40.7 Å². The van der Waals surface area contributed by atoms with Crippen LogP contribution in [0.5, 0.6) is 0 Å². The van der Waals surface area contributed by atoms with E-state index in [0.717, 1.165) is 35.8 Å². The zero-order valence-corrected chi connectivity index (χ0v) is 10.1. The SMILES string of the molecule is O=S1CCC(Nc2nccn3cnnc23)CC1. The van der Waals surface area contributed by atoms with Gasteiger partial charge in [-0.2, -0.15) is 0 Å². The molecule has 2 aromatic heterocycles. The first-order chi connectivity index (χ1) is 8.33. The van der Waals surface area contributed by atoms with Crippen molar-refractivity contribution in [3.63, 3.8) is 0 Å². The summed E-state index contributed by atoms with van der Waals surface area (Å²) in [6.07, 6.45) is 7.03. The molecule has 1 saturated heterocycles. The third-order valence-corrected chi connectivity index (χ3v) is 4.33. The van der Waals surface area contributed by atoms with Crippen LogP contribution in [0.15, 0.2) is 18.7 Å². The van der Waals surface area contributed by atoms with Gasteiger partial charge in [-0.05, 0) is 12.8 Å². The Balaban J connectivity index is 1.80. The summed E-state index contributed by atoms with van der Waals surface area (Å²) in [6, 6.07) is 0.336. The number of hydrogen-bond donors (Lipinski definition) is 1. The van der Waals surface area contributed by atoms with Crippen LogP contribution in [0.3, 0.4) is 0 Å². The largest absolute Gasteiger partial charge is 0.364 e. The fraction of sp³-hybridized carbons (Fsp3) is 0.500. The normalized spacial score (nSPS) is 24.9. The van der Waals surface area contributed by atoms with Gasteiger partial charge in [0.25, 0.3) is 0 Å². The molecule has 0 amide bonds. The molecule has 17 heavy (non-hydrogen) atoms. The summed E-state index contributed by atoms with van der Waals surface area (Å²) in [5.74, 6) is 2.30. The van der Waals surface area contributed by atoms with Gasteiger partial charge < -0.3 is 5.32 Å². The minimum Gasteiger partial charge on any atom is -0.364 e. The highest BCUT2D eigenvalue weighted by Gasteiger charge is 2.19. The van der Waals surface area contributed by atoms with Gasteiger partial charge in [-0.15, -0.1) is 10.2 Å². The lowest BCUT2D eigenvalue weighted by molar-refractivity contribution is 0.622. The summed E-state index contributed by atoms with van der Waals surface area (Å²) in [5, 5.41) is 11.2. The second kappa shape index (κ2) is 4.40. The first-order valence-corrected chi connectivity index (χ1v) is 7.07. The van der Waals surface area contributed by atoms with Crippen LogP contribution in [0.1, 0.15) is 12.8 Å². The first kappa shape index (κ1) is 10.6. The van der Waals surface area contributed by atoms with E-state index in [0.29, 0.717) is 6.04 Å². The van der Waals surface area contributed by atoms with Crippen LogP contribution in [0.4, 0.5) is 5.82 Å². The third-order valence-electron chi connectivity index (χ3n) is 2.94. The van der Waals surface area contributed by atoms with Gasteiger partial charge in [-0.3, -0.25) is 8.61 Å². The van der Waals surface area contributed by atoms with Crippen LogP contribution in [-0.2, 0) is 10.8 Å². The molecule has 7 heteroatoms. The molecule has 3 heterocycles. The lowest BCUT2D eigenvalue weighted by atomic mass is 10.1. The fourth-order valence-corrected chi connectivity index (χ4v) is 3.29. The molecule has 0 spiro atoms. The van der Waals surface area contributed by atoms with Gasteiger partial charge in [0.2, 0.25) is 5.65 Å². The van der Waals surface area contributed by atoms with Crippen LogP contribution in [0, 0.1) is 0 Å². The van der Waals surface area contributed by atoms with E-state index in [4.69, 9.17) is 0 Å². The van der Waals surface area contributed by atoms with Gasteiger partial charge in [0.15, 0.2) is 5.82 Å². The molecule has 1 N–H and O–H groups in total. The highest BCUT2D eigenvalue weighted by atomic mass is 32.2. The summed E-state index contributed by atoms with van der Waals surface area (Å²) in [4.78, 5) is 4.28. The highest BCUT2D eigenvalue weighted by Crippen LogP contribution is 2.17. The van der Waals surface area contributed by atoms with Crippen molar-refractivity contribution in [1.29, 1.82) is 0 Å². The van der Waals surface area contributed by atoms with E-state index in [-0.39, 0.29) is 0 Å². The Morgan fingerprint density at radius 1 is 1.41 bits per heavy atom. The number of rotatable bonds is 2. The minimum atomic E-state index is -0.632. The van der Waals surface area contributed by atoms with Crippen LogP contribution in [0.25, 0.3) is 5.65 Å². The molecule has 1 aliphatic heterocycles. The summed E-state index contributed by atoms with van der Waals surface area (Å²) >= 11 is 0. The second-order valence-electron chi connectivity index (χ2n) is 4.10. The fourth-order valence-electron chi connectivity index (χ4n) is 1.99. The summed E-state index contributed by atoms with van der Waals surface area (Å²) in [7, 11) is -0.632. The van der Waals surface area contributed by atoms with Gasteiger partial charge in [0.1, 0.15) is 6.33 Å². The quantitative estimate of drug-likeness (QED) is 0.839. The Kier molecular flexibility index (Phi) is 2.76. The molecule has 0 aromatic carbocycles. The number of hydrogen-bond acceptors (Lipinski definition) is 5. The monoisotopic (exact) mass is 251 g/mol. The van der Waals surface area contributed by atoms with Crippen LogP contribution >= 0.6 is 0 Å². The van der Waals surface area contributed by atoms with Crippen molar-refractivity contribution < 1.29 is 4.21 Å². The zero-order chi connectivity index (χ0) is 11.7. The predicted molar refractivity (Wildman–Crippen MR) is 65.3 cm³/mol.